The molecule has 1 saturated heterocycles. The van der Waals surface area contributed by atoms with E-state index >= 15 is 0 Å². The minimum atomic E-state index is -3.37. The van der Waals surface area contributed by atoms with Gasteiger partial charge in [-0.1, -0.05) is 19.1 Å². The number of aryl methyl sites for hydroxylation is 1. The molecule has 0 bridgehead atoms. The van der Waals surface area contributed by atoms with E-state index in [-0.39, 0.29) is 0 Å². The first-order valence-corrected chi connectivity index (χ1v) is 8.76. The minimum absolute atomic E-state index is 0.349. The van der Waals surface area contributed by atoms with E-state index in [0.29, 0.717) is 17.4 Å². The van der Waals surface area contributed by atoms with E-state index in [9.17, 15) is 8.42 Å². The van der Waals surface area contributed by atoms with Gasteiger partial charge in [0.2, 0.25) is 10.0 Å². The fourth-order valence-corrected chi connectivity index (χ4v) is 3.47. The number of rotatable bonds is 6. The molecule has 112 valence electrons. The summed E-state index contributed by atoms with van der Waals surface area (Å²) in [5.74, 6) is 0.578. The van der Waals surface area contributed by atoms with Gasteiger partial charge in [0.25, 0.3) is 0 Å². The van der Waals surface area contributed by atoms with E-state index < -0.39 is 10.0 Å². The van der Waals surface area contributed by atoms with E-state index in [4.69, 9.17) is 4.74 Å². The molecule has 5 heteroatoms. The summed E-state index contributed by atoms with van der Waals surface area (Å²) in [6.45, 7) is 4.16. The van der Waals surface area contributed by atoms with E-state index in [2.05, 4.69) is 11.6 Å². The van der Waals surface area contributed by atoms with Crippen molar-refractivity contribution in [1.82, 2.24) is 4.72 Å². The van der Waals surface area contributed by atoms with Crippen molar-refractivity contribution in [3.05, 3.63) is 29.8 Å². The SMILES string of the molecule is CCc1ccc(S(=O)(=O)NCCC2CCOCC2)cc1. The molecule has 1 fully saturated rings. The second-order valence-electron chi connectivity index (χ2n) is 5.24. The second kappa shape index (κ2) is 7.20. The van der Waals surface area contributed by atoms with Crippen LogP contribution in [0.2, 0.25) is 0 Å². The third-order valence-electron chi connectivity index (χ3n) is 3.83. The normalized spacial score (nSPS) is 17.2. The smallest absolute Gasteiger partial charge is 0.240 e. The van der Waals surface area contributed by atoms with Gasteiger partial charge in [-0.05, 0) is 49.3 Å². The molecule has 0 spiro atoms. The Kier molecular flexibility index (Phi) is 5.57. The van der Waals surface area contributed by atoms with Crippen LogP contribution in [0, 0.1) is 5.92 Å². The zero-order chi connectivity index (χ0) is 14.4. The lowest BCUT2D eigenvalue weighted by Gasteiger charge is -2.21. The first-order chi connectivity index (χ1) is 9.62. The Morgan fingerprint density at radius 3 is 2.45 bits per heavy atom. The molecule has 0 aromatic heterocycles. The fourth-order valence-electron chi connectivity index (χ4n) is 2.42. The van der Waals surface area contributed by atoms with Crippen molar-refractivity contribution >= 4 is 10.0 Å². The minimum Gasteiger partial charge on any atom is -0.381 e. The Hall–Kier alpha value is -0.910. The van der Waals surface area contributed by atoms with Crippen LogP contribution in [0.4, 0.5) is 0 Å². The third kappa shape index (κ3) is 4.30. The van der Waals surface area contributed by atoms with Gasteiger partial charge in [0.15, 0.2) is 0 Å². The number of benzene rings is 1. The van der Waals surface area contributed by atoms with Crippen molar-refractivity contribution in [3.8, 4) is 0 Å². The van der Waals surface area contributed by atoms with E-state index in [1.165, 1.54) is 0 Å². The second-order valence-corrected chi connectivity index (χ2v) is 7.01. The molecule has 1 aromatic rings. The lowest BCUT2D eigenvalue weighted by atomic mass is 9.97. The largest absolute Gasteiger partial charge is 0.381 e. The molecule has 0 radical (unpaired) electrons. The maximum absolute atomic E-state index is 12.1. The first kappa shape index (κ1) is 15.5. The van der Waals surface area contributed by atoms with Gasteiger partial charge in [-0.3, -0.25) is 0 Å². The fraction of sp³-hybridized carbons (Fsp3) is 0.600. The Labute approximate surface area is 121 Å². The van der Waals surface area contributed by atoms with Crippen LogP contribution in [0.25, 0.3) is 0 Å². The predicted molar refractivity (Wildman–Crippen MR) is 79.2 cm³/mol. The number of hydrogen-bond donors (Lipinski definition) is 1. The molecule has 1 aliphatic heterocycles. The van der Waals surface area contributed by atoms with Gasteiger partial charge < -0.3 is 4.74 Å². The number of hydrogen-bond acceptors (Lipinski definition) is 3. The number of ether oxygens (including phenoxy) is 1. The summed E-state index contributed by atoms with van der Waals surface area (Å²) >= 11 is 0. The average molecular weight is 297 g/mol. The standard InChI is InChI=1S/C15H23NO3S/c1-2-13-3-5-15(6-4-13)20(17,18)16-10-7-14-8-11-19-12-9-14/h3-6,14,16H,2,7-12H2,1H3. The zero-order valence-corrected chi connectivity index (χ0v) is 12.8. The molecule has 2 rings (SSSR count). The molecule has 0 aliphatic carbocycles. The van der Waals surface area contributed by atoms with Gasteiger partial charge in [0.1, 0.15) is 0 Å². The zero-order valence-electron chi connectivity index (χ0n) is 12.0. The molecular formula is C15H23NO3S. The highest BCUT2D eigenvalue weighted by atomic mass is 32.2. The summed E-state index contributed by atoms with van der Waals surface area (Å²) in [6.07, 6.45) is 3.87. The van der Waals surface area contributed by atoms with Crippen molar-refractivity contribution in [2.24, 2.45) is 5.92 Å². The molecule has 4 nitrogen and oxygen atoms in total. The summed E-state index contributed by atoms with van der Waals surface area (Å²) in [6, 6.07) is 7.09. The summed E-state index contributed by atoms with van der Waals surface area (Å²) in [5, 5.41) is 0. The van der Waals surface area contributed by atoms with Gasteiger partial charge in [-0.25, -0.2) is 13.1 Å². The van der Waals surface area contributed by atoms with Crippen LogP contribution in [0.5, 0.6) is 0 Å². The number of sulfonamides is 1. The Morgan fingerprint density at radius 1 is 1.20 bits per heavy atom. The van der Waals surface area contributed by atoms with Crippen LogP contribution >= 0.6 is 0 Å². The van der Waals surface area contributed by atoms with E-state index in [1.54, 1.807) is 12.1 Å². The Morgan fingerprint density at radius 2 is 1.85 bits per heavy atom. The van der Waals surface area contributed by atoms with Crippen molar-refractivity contribution in [2.75, 3.05) is 19.8 Å². The molecular weight excluding hydrogens is 274 g/mol. The van der Waals surface area contributed by atoms with Crippen LogP contribution in [0.3, 0.4) is 0 Å². The lowest BCUT2D eigenvalue weighted by Crippen LogP contribution is -2.27. The lowest BCUT2D eigenvalue weighted by molar-refractivity contribution is 0.0644. The van der Waals surface area contributed by atoms with Gasteiger partial charge in [-0.2, -0.15) is 0 Å². The Bertz CT molecular complexity index is 504. The van der Waals surface area contributed by atoms with E-state index in [0.717, 1.165) is 44.5 Å². The van der Waals surface area contributed by atoms with Crippen molar-refractivity contribution in [1.29, 1.82) is 0 Å². The molecule has 1 N–H and O–H groups in total. The van der Waals surface area contributed by atoms with Crippen LogP contribution in [-0.2, 0) is 21.2 Å². The summed E-state index contributed by atoms with van der Waals surface area (Å²) < 4.78 is 32.3. The summed E-state index contributed by atoms with van der Waals surface area (Å²) in [7, 11) is -3.37. The van der Waals surface area contributed by atoms with Crippen LogP contribution in [-0.4, -0.2) is 28.2 Å². The predicted octanol–water partition coefficient (Wildman–Crippen LogP) is 2.34. The van der Waals surface area contributed by atoms with Crippen LogP contribution < -0.4 is 4.72 Å². The van der Waals surface area contributed by atoms with Gasteiger partial charge >= 0.3 is 0 Å². The van der Waals surface area contributed by atoms with Crippen molar-refractivity contribution in [3.63, 3.8) is 0 Å². The highest BCUT2D eigenvalue weighted by molar-refractivity contribution is 7.89. The highest BCUT2D eigenvalue weighted by Crippen LogP contribution is 2.18. The maximum Gasteiger partial charge on any atom is 0.240 e. The molecule has 0 unspecified atom stereocenters. The van der Waals surface area contributed by atoms with Crippen molar-refractivity contribution < 1.29 is 13.2 Å². The molecule has 0 atom stereocenters. The molecule has 1 aromatic carbocycles. The summed E-state index contributed by atoms with van der Waals surface area (Å²) in [4.78, 5) is 0.349. The van der Waals surface area contributed by atoms with Crippen molar-refractivity contribution in [2.45, 2.75) is 37.5 Å². The molecule has 1 heterocycles. The quantitative estimate of drug-likeness (QED) is 0.877. The average Bonchev–Trinajstić information content (AvgIpc) is 2.48. The summed E-state index contributed by atoms with van der Waals surface area (Å²) in [5.41, 5.74) is 1.14. The maximum atomic E-state index is 12.1. The molecule has 0 amide bonds. The van der Waals surface area contributed by atoms with Gasteiger partial charge in [0, 0.05) is 19.8 Å². The number of nitrogens with one attached hydrogen (secondary N) is 1. The first-order valence-electron chi connectivity index (χ1n) is 7.28. The topological polar surface area (TPSA) is 55.4 Å². The highest BCUT2D eigenvalue weighted by Gasteiger charge is 2.16. The van der Waals surface area contributed by atoms with Gasteiger partial charge in [0.05, 0.1) is 4.90 Å². The monoisotopic (exact) mass is 297 g/mol. The molecule has 20 heavy (non-hydrogen) atoms. The van der Waals surface area contributed by atoms with E-state index in [1.807, 2.05) is 12.1 Å². The molecule has 0 saturated carbocycles. The van der Waals surface area contributed by atoms with Gasteiger partial charge in [-0.15, -0.1) is 0 Å². The third-order valence-corrected chi connectivity index (χ3v) is 5.30. The Balaban J connectivity index is 1.86. The van der Waals surface area contributed by atoms with Crippen LogP contribution in [0.15, 0.2) is 29.2 Å². The van der Waals surface area contributed by atoms with Crippen LogP contribution in [0.1, 0.15) is 31.7 Å². The molecule has 1 aliphatic rings.